The first-order valence-corrected chi connectivity index (χ1v) is 8.08. The standard InChI is InChI=1S/C17H18BrN3O3/c1-10-7-12(21(23)24)5-6-14(10)19-20-15-9-11(17(2,3)4)8-13(18)16(15)22/h5-9,22H,1-4H3. The van der Waals surface area contributed by atoms with Crippen molar-refractivity contribution in [2.45, 2.75) is 33.1 Å². The van der Waals surface area contributed by atoms with Crippen molar-refractivity contribution in [1.29, 1.82) is 0 Å². The van der Waals surface area contributed by atoms with Crippen LogP contribution in [0.4, 0.5) is 17.1 Å². The number of aromatic hydroxyl groups is 1. The molecule has 0 heterocycles. The summed E-state index contributed by atoms with van der Waals surface area (Å²) in [6.45, 7) is 7.91. The molecule has 2 aromatic rings. The van der Waals surface area contributed by atoms with E-state index in [1.807, 2.05) is 6.07 Å². The molecule has 0 saturated carbocycles. The van der Waals surface area contributed by atoms with Crippen molar-refractivity contribution >= 4 is 33.0 Å². The molecule has 0 bridgehead atoms. The molecule has 6 nitrogen and oxygen atoms in total. The normalized spacial score (nSPS) is 11.9. The van der Waals surface area contributed by atoms with Gasteiger partial charge in [-0.05, 0) is 57.6 Å². The number of benzene rings is 2. The van der Waals surface area contributed by atoms with Crippen LogP contribution >= 0.6 is 15.9 Å². The van der Waals surface area contributed by atoms with Gasteiger partial charge in [0.1, 0.15) is 5.69 Å². The SMILES string of the molecule is Cc1cc([N+](=O)[O-])ccc1N=Nc1cc(C(C)(C)C)cc(Br)c1O. The molecule has 0 aliphatic carbocycles. The molecule has 126 valence electrons. The highest BCUT2D eigenvalue weighted by Gasteiger charge is 2.18. The molecule has 0 atom stereocenters. The molecule has 24 heavy (non-hydrogen) atoms. The zero-order valence-corrected chi connectivity index (χ0v) is 15.5. The molecule has 1 N–H and O–H groups in total. The summed E-state index contributed by atoms with van der Waals surface area (Å²) >= 11 is 3.33. The minimum absolute atomic E-state index is 0.00585. The fourth-order valence-electron chi connectivity index (χ4n) is 2.07. The van der Waals surface area contributed by atoms with Gasteiger partial charge in [0.2, 0.25) is 0 Å². The van der Waals surface area contributed by atoms with Crippen LogP contribution in [-0.2, 0) is 5.41 Å². The molecule has 0 spiro atoms. The Morgan fingerprint density at radius 2 is 1.75 bits per heavy atom. The fraction of sp³-hybridized carbons (Fsp3) is 0.294. The van der Waals surface area contributed by atoms with Crippen molar-refractivity contribution in [3.8, 4) is 5.75 Å². The van der Waals surface area contributed by atoms with Crippen LogP contribution in [-0.4, -0.2) is 10.0 Å². The van der Waals surface area contributed by atoms with Crippen molar-refractivity contribution in [2.75, 3.05) is 0 Å². The highest BCUT2D eigenvalue weighted by molar-refractivity contribution is 9.10. The average molecular weight is 392 g/mol. The number of nitrogens with zero attached hydrogens (tertiary/aromatic N) is 3. The van der Waals surface area contributed by atoms with E-state index in [0.717, 1.165) is 5.56 Å². The van der Waals surface area contributed by atoms with Gasteiger partial charge >= 0.3 is 0 Å². The molecule has 2 rings (SSSR count). The monoisotopic (exact) mass is 391 g/mol. The number of rotatable bonds is 3. The lowest BCUT2D eigenvalue weighted by molar-refractivity contribution is -0.384. The third-order valence-corrected chi connectivity index (χ3v) is 4.17. The number of phenols is 1. The van der Waals surface area contributed by atoms with E-state index in [1.54, 1.807) is 13.0 Å². The predicted octanol–water partition coefficient (Wildman–Crippen LogP) is 6.08. The van der Waals surface area contributed by atoms with E-state index in [2.05, 4.69) is 46.9 Å². The van der Waals surface area contributed by atoms with Crippen LogP contribution in [0.3, 0.4) is 0 Å². The van der Waals surface area contributed by atoms with Gasteiger partial charge in [0, 0.05) is 12.1 Å². The van der Waals surface area contributed by atoms with Crippen LogP contribution in [0.5, 0.6) is 5.75 Å². The van der Waals surface area contributed by atoms with Gasteiger partial charge in [-0.3, -0.25) is 10.1 Å². The van der Waals surface area contributed by atoms with Gasteiger partial charge in [0.25, 0.3) is 5.69 Å². The summed E-state index contributed by atoms with van der Waals surface area (Å²) in [5.74, 6) is 0.00585. The van der Waals surface area contributed by atoms with Crippen LogP contribution in [0.2, 0.25) is 0 Å². The summed E-state index contributed by atoms with van der Waals surface area (Å²) in [7, 11) is 0. The Morgan fingerprint density at radius 3 is 2.29 bits per heavy atom. The maximum atomic E-state index is 10.8. The van der Waals surface area contributed by atoms with E-state index >= 15 is 0 Å². The summed E-state index contributed by atoms with van der Waals surface area (Å²) in [6.07, 6.45) is 0. The lowest BCUT2D eigenvalue weighted by atomic mass is 9.87. The number of halogens is 1. The molecule has 0 aliphatic heterocycles. The lowest BCUT2D eigenvalue weighted by Crippen LogP contribution is -2.10. The van der Waals surface area contributed by atoms with Crippen LogP contribution in [0.15, 0.2) is 45.0 Å². The molecular weight excluding hydrogens is 374 g/mol. The number of nitro benzene ring substituents is 1. The number of nitro groups is 1. The Kier molecular flexibility index (Phi) is 5.03. The van der Waals surface area contributed by atoms with E-state index in [9.17, 15) is 15.2 Å². The van der Waals surface area contributed by atoms with Gasteiger partial charge in [-0.15, -0.1) is 5.11 Å². The van der Waals surface area contributed by atoms with Crippen LogP contribution in [0.25, 0.3) is 0 Å². The molecule has 0 aromatic heterocycles. The van der Waals surface area contributed by atoms with Crippen molar-refractivity contribution in [1.82, 2.24) is 0 Å². The smallest absolute Gasteiger partial charge is 0.269 e. The van der Waals surface area contributed by atoms with E-state index < -0.39 is 4.92 Å². The summed E-state index contributed by atoms with van der Waals surface area (Å²) < 4.78 is 0.546. The number of azo groups is 1. The number of hydrogen-bond donors (Lipinski definition) is 1. The van der Waals surface area contributed by atoms with E-state index in [-0.39, 0.29) is 16.9 Å². The Bertz CT molecular complexity index is 827. The summed E-state index contributed by atoms with van der Waals surface area (Å²) in [6, 6.07) is 7.99. The molecule has 2 aromatic carbocycles. The third kappa shape index (κ3) is 3.97. The topological polar surface area (TPSA) is 88.1 Å². The maximum absolute atomic E-state index is 10.8. The highest BCUT2D eigenvalue weighted by atomic mass is 79.9. The van der Waals surface area contributed by atoms with Gasteiger partial charge in [0.05, 0.1) is 15.1 Å². The van der Waals surface area contributed by atoms with E-state index in [4.69, 9.17) is 0 Å². The Morgan fingerprint density at radius 1 is 1.12 bits per heavy atom. The Hall–Kier alpha value is -2.28. The molecule has 0 amide bonds. The zero-order chi connectivity index (χ0) is 18.1. The van der Waals surface area contributed by atoms with Gasteiger partial charge < -0.3 is 5.11 Å². The van der Waals surface area contributed by atoms with Gasteiger partial charge in [-0.1, -0.05) is 20.8 Å². The van der Waals surface area contributed by atoms with Crippen molar-refractivity contribution in [2.24, 2.45) is 10.2 Å². The van der Waals surface area contributed by atoms with Crippen molar-refractivity contribution in [3.05, 3.63) is 56.0 Å². The first-order valence-electron chi connectivity index (χ1n) is 7.29. The summed E-state index contributed by atoms with van der Waals surface area (Å²) in [5.41, 5.74) is 2.39. The van der Waals surface area contributed by atoms with E-state index in [1.165, 1.54) is 18.2 Å². The number of phenolic OH excluding ortho intramolecular Hbond substituents is 1. The second kappa shape index (κ2) is 6.68. The molecule has 0 aliphatic rings. The quantitative estimate of drug-likeness (QED) is 0.390. The first-order chi connectivity index (χ1) is 11.1. The lowest BCUT2D eigenvalue weighted by Gasteiger charge is -2.20. The van der Waals surface area contributed by atoms with Gasteiger partial charge in [-0.25, -0.2) is 0 Å². The van der Waals surface area contributed by atoms with Crippen molar-refractivity contribution in [3.63, 3.8) is 0 Å². The predicted molar refractivity (Wildman–Crippen MR) is 96.5 cm³/mol. The number of non-ortho nitro benzene ring substituents is 1. The molecule has 0 fully saturated rings. The average Bonchev–Trinajstić information content (AvgIpc) is 2.48. The van der Waals surface area contributed by atoms with Gasteiger partial charge in [-0.2, -0.15) is 5.11 Å². The molecule has 0 unspecified atom stereocenters. The maximum Gasteiger partial charge on any atom is 0.269 e. The third-order valence-electron chi connectivity index (χ3n) is 3.57. The summed E-state index contributed by atoms with van der Waals surface area (Å²) in [5, 5.41) is 29.2. The molecule has 7 heteroatoms. The van der Waals surface area contributed by atoms with Crippen LogP contribution in [0, 0.1) is 17.0 Å². The summed E-state index contributed by atoms with van der Waals surface area (Å²) in [4.78, 5) is 10.3. The highest BCUT2D eigenvalue weighted by Crippen LogP contribution is 2.40. The largest absolute Gasteiger partial charge is 0.505 e. The zero-order valence-electron chi connectivity index (χ0n) is 13.9. The van der Waals surface area contributed by atoms with Gasteiger partial charge in [0.15, 0.2) is 5.75 Å². The number of hydrogen-bond acceptors (Lipinski definition) is 5. The minimum atomic E-state index is -0.455. The molecule has 0 saturated heterocycles. The first kappa shape index (κ1) is 18.1. The minimum Gasteiger partial charge on any atom is -0.505 e. The fourth-order valence-corrected chi connectivity index (χ4v) is 2.52. The van der Waals surface area contributed by atoms with Crippen LogP contribution < -0.4 is 0 Å². The van der Waals surface area contributed by atoms with E-state index in [0.29, 0.717) is 21.4 Å². The van der Waals surface area contributed by atoms with Crippen molar-refractivity contribution < 1.29 is 10.0 Å². The van der Waals surface area contributed by atoms with Crippen LogP contribution in [0.1, 0.15) is 31.9 Å². The Labute approximate surface area is 148 Å². The Balaban J connectivity index is 2.42. The molecular formula is C17H18BrN3O3. The number of aryl methyl sites for hydroxylation is 1. The second-order valence-electron chi connectivity index (χ2n) is 6.50. The molecule has 0 radical (unpaired) electrons. The second-order valence-corrected chi connectivity index (χ2v) is 7.36.